The van der Waals surface area contributed by atoms with E-state index in [1.165, 1.54) is 11.3 Å². The van der Waals surface area contributed by atoms with Crippen LogP contribution in [0.1, 0.15) is 10.6 Å². The number of carbonyl (C=O) groups is 2. The normalized spacial score (nSPS) is 11.6. The molecule has 1 heterocycles. The number of amides is 2. The molecule has 110 valence electrons. The maximum atomic E-state index is 11.7. The molecule has 0 saturated carbocycles. The minimum atomic E-state index is -1.07. The van der Waals surface area contributed by atoms with Gasteiger partial charge in [-0.15, -0.1) is 11.3 Å². The van der Waals surface area contributed by atoms with Gasteiger partial charge in [0.1, 0.15) is 11.0 Å². The van der Waals surface area contributed by atoms with Crippen LogP contribution in [0.15, 0.2) is 41.9 Å². The predicted molar refractivity (Wildman–Crippen MR) is 79.1 cm³/mol. The molecule has 6 nitrogen and oxygen atoms in total. The monoisotopic (exact) mass is 305 g/mol. The first kappa shape index (κ1) is 15.0. The van der Waals surface area contributed by atoms with Gasteiger partial charge in [-0.1, -0.05) is 30.3 Å². The molecule has 7 heteroatoms. The molecule has 2 amide bonds. The van der Waals surface area contributed by atoms with Gasteiger partial charge in [-0.3, -0.25) is 0 Å². The number of aliphatic carboxylic acids is 1. The Balaban J connectivity index is 1.87. The van der Waals surface area contributed by atoms with Gasteiger partial charge in [0.05, 0.1) is 6.54 Å². The van der Waals surface area contributed by atoms with E-state index in [0.717, 1.165) is 10.6 Å². The van der Waals surface area contributed by atoms with Gasteiger partial charge >= 0.3 is 12.0 Å². The summed E-state index contributed by atoms with van der Waals surface area (Å²) >= 11 is 1.42. The van der Waals surface area contributed by atoms with Crippen LogP contribution < -0.4 is 10.6 Å². The fourth-order valence-electron chi connectivity index (χ4n) is 1.76. The van der Waals surface area contributed by atoms with E-state index >= 15 is 0 Å². The molecule has 1 aromatic carbocycles. The third kappa shape index (κ3) is 4.88. The molecule has 0 aliphatic rings. The van der Waals surface area contributed by atoms with Crippen molar-refractivity contribution >= 4 is 23.3 Å². The second-order valence-corrected chi connectivity index (χ2v) is 5.31. The van der Waals surface area contributed by atoms with Gasteiger partial charge in [0.2, 0.25) is 0 Å². The van der Waals surface area contributed by atoms with Crippen molar-refractivity contribution in [2.24, 2.45) is 0 Å². The Labute approximate surface area is 125 Å². The Morgan fingerprint density at radius 3 is 2.67 bits per heavy atom. The molecular formula is C14H15N3O3S. The topological polar surface area (TPSA) is 91.3 Å². The summed E-state index contributed by atoms with van der Waals surface area (Å²) in [6.07, 6.45) is 1.88. The van der Waals surface area contributed by atoms with Crippen LogP contribution in [0.5, 0.6) is 0 Å². The molecule has 3 N–H and O–H groups in total. The van der Waals surface area contributed by atoms with Gasteiger partial charge in [-0.05, 0) is 5.56 Å². The molecule has 0 fully saturated rings. The molecule has 0 aliphatic heterocycles. The second-order valence-electron chi connectivity index (χ2n) is 4.33. The van der Waals surface area contributed by atoms with E-state index in [0.29, 0.717) is 0 Å². The minimum absolute atomic E-state index is 0.237. The Morgan fingerprint density at radius 2 is 2.05 bits per heavy atom. The number of hydrogen-bond donors (Lipinski definition) is 3. The summed E-state index contributed by atoms with van der Waals surface area (Å²) in [6.45, 7) is 0.279. The molecule has 0 bridgehead atoms. The summed E-state index contributed by atoms with van der Waals surface area (Å²) in [6, 6.07) is 7.68. The van der Waals surface area contributed by atoms with E-state index in [-0.39, 0.29) is 13.0 Å². The van der Waals surface area contributed by atoms with Gasteiger partial charge in [0, 0.05) is 18.0 Å². The van der Waals surface area contributed by atoms with Crippen LogP contribution in [0.2, 0.25) is 0 Å². The number of nitrogens with zero attached hydrogens (tertiary/aromatic N) is 1. The first-order valence-corrected chi connectivity index (χ1v) is 7.22. The van der Waals surface area contributed by atoms with Crippen LogP contribution in [-0.4, -0.2) is 28.1 Å². The van der Waals surface area contributed by atoms with Crippen molar-refractivity contribution in [3.63, 3.8) is 0 Å². The molecular weight excluding hydrogens is 290 g/mol. The first-order chi connectivity index (χ1) is 10.1. The maximum Gasteiger partial charge on any atom is 0.326 e. The number of nitrogens with one attached hydrogen (secondary N) is 2. The molecule has 1 atom stereocenters. The molecule has 1 unspecified atom stereocenters. The molecule has 0 radical (unpaired) electrons. The van der Waals surface area contributed by atoms with Crippen LogP contribution in [0.25, 0.3) is 0 Å². The second kappa shape index (κ2) is 7.39. The molecule has 21 heavy (non-hydrogen) atoms. The van der Waals surface area contributed by atoms with Crippen LogP contribution in [0.3, 0.4) is 0 Å². The van der Waals surface area contributed by atoms with E-state index < -0.39 is 18.0 Å². The fourth-order valence-corrected chi connectivity index (χ4v) is 2.31. The lowest BCUT2D eigenvalue weighted by Crippen LogP contribution is -2.46. The molecule has 0 spiro atoms. The van der Waals surface area contributed by atoms with Gasteiger partial charge in [0.25, 0.3) is 0 Å². The average molecular weight is 305 g/mol. The van der Waals surface area contributed by atoms with E-state index in [9.17, 15) is 14.7 Å². The SMILES string of the molecule is O=C(NCc1nccs1)NC(Cc1ccccc1)C(=O)O. The number of rotatable bonds is 6. The fraction of sp³-hybridized carbons (Fsp3) is 0.214. The van der Waals surface area contributed by atoms with Gasteiger partial charge in [0.15, 0.2) is 0 Å². The third-order valence-corrected chi connectivity index (χ3v) is 3.55. The van der Waals surface area contributed by atoms with Crippen molar-refractivity contribution in [1.29, 1.82) is 0 Å². The Bertz CT molecular complexity index is 587. The minimum Gasteiger partial charge on any atom is -0.480 e. The van der Waals surface area contributed by atoms with Crippen molar-refractivity contribution in [2.45, 2.75) is 19.0 Å². The van der Waals surface area contributed by atoms with E-state index in [1.54, 1.807) is 6.20 Å². The number of carboxylic acid groups (broad SMARTS) is 1. The molecule has 1 aromatic heterocycles. The highest BCUT2D eigenvalue weighted by molar-refractivity contribution is 7.09. The zero-order valence-corrected chi connectivity index (χ0v) is 12.0. The Morgan fingerprint density at radius 1 is 1.29 bits per heavy atom. The van der Waals surface area contributed by atoms with Crippen LogP contribution in [-0.2, 0) is 17.8 Å². The van der Waals surface area contributed by atoms with Crippen molar-refractivity contribution in [2.75, 3.05) is 0 Å². The van der Waals surface area contributed by atoms with E-state index in [1.807, 2.05) is 35.7 Å². The van der Waals surface area contributed by atoms with E-state index in [4.69, 9.17) is 0 Å². The summed E-state index contributed by atoms with van der Waals surface area (Å²) < 4.78 is 0. The number of carboxylic acids is 1. The number of hydrogen-bond acceptors (Lipinski definition) is 4. The largest absolute Gasteiger partial charge is 0.480 e. The number of benzene rings is 1. The highest BCUT2D eigenvalue weighted by Gasteiger charge is 2.20. The van der Waals surface area contributed by atoms with Crippen molar-refractivity contribution in [3.8, 4) is 0 Å². The number of carbonyl (C=O) groups excluding carboxylic acids is 1. The maximum absolute atomic E-state index is 11.7. The Kier molecular flexibility index (Phi) is 5.28. The van der Waals surface area contributed by atoms with Crippen molar-refractivity contribution in [3.05, 3.63) is 52.5 Å². The summed E-state index contributed by atoms with van der Waals surface area (Å²) in [5.74, 6) is -1.07. The summed E-state index contributed by atoms with van der Waals surface area (Å²) in [4.78, 5) is 27.0. The number of urea groups is 1. The molecule has 0 saturated heterocycles. The Hall–Kier alpha value is -2.41. The summed E-state index contributed by atoms with van der Waals surface area (Å²) in [7, 11) is 0. The summed E-state index contributed by atoms with van der Waals surface area (Å²) in [5, 5.41) is 16.8. The van der Waals surface area contributed by atoms with Crippen LogP contribution >= 0.6 is 11.3 Å². The van der Waals surface area contributed by atoms with Crippen molar-refractivity contribution in [1.82, 2.24) is 15.6 Å². The predicted octanol–water partition coefficient (Wildman–Crippen LogP) is 1.64. The highest BCUT2D eigenvalue weighted by atomic mass is 32.1. The first-order valence-electron chi connectivity index (χ1n) is 6.34. The van der Waals surface area contributed by atoms with Gasteiger partial charge in [-0.2, -0.15) is 0 Å². The lowest BCUT2D eigenvalue weighted by molar-refractivity contribution is -0.139. The standard InChI is InChI=1S/C14H15N3O3S/c18-13(19)11(8-10-4-2-1-3-5-10)17-14(20)16-9-12-15-6-7-21-12/h1-7,11H,8-9H2,(H,18,19)(H2,16,17,20). The molecule has 2 rings (SSSR count). The number of thiazole rings is 1. The lowest BCUT2D eigenvalue weighted by atomic mass is 10.1. The van der Waals surface area contributed by atoms with Crippen LogP contribution in [0, 0.1) is 0 Å². The third-order valence-electron chi connectivity index (χ3n) is 2.77. The molecule has 2 aromatic rings. The highest BCUT2D eigenvalue weighted by Crippen LogP contribution is 2.04. The quantitative estimate of drug-likeness (QED) is 0.756. The number of aromatic nitrogens is 1. The lowest BCUT2D eigenvalue weighted by Gasteiger charge is -2.15. The van der Waals surface area contributed by atoms with Crippen molar-refractivity contribution < 1.29 is 14.7 Å². The molecule has 0 aliphatic carbocycles. The van der Waals surface area contributed by atoms with Crippen LogP contribution in [0.4, 0.5) is 4.79 Å². The van der Waals surface area contributed by atoms with Gasteiger partial charge < -0.3 is 15.7 Å². The zero-order chi connectivity index (χ0) is 15.1. The van der Waals surface area contributed by atoms with Gasteiger partial charge in [-0.25, -0.2) is 14.6 Å². The van der Waals surface area contributed by atoms with E-state index in [2.05, 4.69) is 15.6 Å². The summed E-state index contributed by atoms with van der Waals surface area (Å²) in [5.41, 5.74) is 0.852. The smallest absolute Gasteiger partial charge is 0.326 e. The zero-order valence-electron chi connectivity index (χ0n) is 11.2. The average Bonchev–Trinajstić information content (AvgIpc) is 2.99.